The molecule has 1 amide bonds. The molecule has 2 aliphatic heterocycles. The smallest absolute Gasteiger partial charge is 0.407 e. The van der Waals surface area contributed by atoms with Gasteiger partial charge in [-0.05, 0) is 26.3 Å². The Labute approximate surface area is 117 Å². The van der Waals surface area contributed by atoms with E-state index in [1.54, 1.807) is 14.2 Å². The summed E-state index contributed by atoms with van der Waals surface area (Å²) in [6.07, 6.45) is 3.41. The zero-order valence-corrected chi connectivity index (χ0v) is 13.1. The van der Waals surface area contributed by atoms with E-state index in [1.807, 2.05) is 20.8 Å². The number of nitrogens with zero attached hydrogens (tertiary/aromatic N) is 1. The molecule has 0 spiro atoms. The van der Waals surface area contributed by atoms with Crippen LogP contribution in [0.1, 0.15) is 40.0 Å². The Kier molecular flexibility index (Phi) is 10.6. The van der Waals surface area contributed by atoms with E-state index in [0.717, 1.165) is 19.6 Å². The van der Waals surface area contributed by atoms with E-state index in [0.29, 0.717) is 6.04 Å². The molecule has 5 heteroatoms. The van der Waals surface area contributed by atoms with E-state index in [9.17, 15) is 4.79 Å². The minimum Gasteiger partial charge on any atom is -0.445 e. The highest BCUT2D eigenvalue weighted by molar-refractivity contribution is 5.66. The molecular formula is C14H30N2O3. The van der Waals surface area contributed by atoms with Gasteiger partial charge in [-0.1, -0.05) is 13.8 Å². The molecule has 0 aromatic rings. The molecule has 0 aliphatic carbocycles. The molecule has 0 aromatic heterocycles. The maximum atomic E-state index is 10.9. The highest BCUT2D eigenvalue weighted by Gasteiger charge is 2.36. The second-order valence-corrected chi connectivity index (χ2v) is 4.38. The Balaban J connectivity index is 0.000000467. The predicted octanol–water partition coefficient (Wildman–Crippen LogP) is 2.26. The summed E-state index contributed by atoms with van der Waals surface area (Å²) in [7, 11) is 3.28. The number of methoxy groups -OCH3 is 1. The van der Waals surface area contributed by atoms with Crippen molar-refractivity contribution < 1.29 is 14.3 Å². The van der Waals surface area contributed by atoms with Crippen molar-refractivity contribution >= 4 is 6.09 Å². The van der Waals surface area contributed by atoms with E-state index < -0.39 is 0 Å². The third kappa shape index (κ3) is 6.78. The van der Waals surface area contributed by atoms with Crippen LogP contribution in [0.5, 0.6) is 0 Å². The topological polar surface area (TPSA) is 50.8 Å². The van der Waals surface area contributed by atoms with Crippen LogP contribution in [0.3, 0.4) is 0 Å². The van der Waals surface area contributed by atoms with Crippen LogP contribution < -0.4 is 5.32 Å². The fourth-order valence-electron chi connectivity index (χ4n) is 2.34. The van der Waals surface area contributed by atoms with E-state index in [2.05, 4.69) is 15.0 Å². The molecule has 2 heterocycles. The average molecular weight is 274 g/mol. The Bertz CT molecular complexity index is 223. The fraction of sp³-hybridized carbons (Fsp3) is 0.929. The van der Waals surface area contributed by atoms with E-state index in [-0.39, 0.29) is 12.2 Å². The van der Waals surface area contributed by atoms with Crippen molar-refractivity contribution in [2.24, 2.45) is 0 Å². The lowest BCUT2D eigenvalue weighted by Crippen LogP contribution is -2.28. The molecule has 0 radical (unpaired) electrons. The average Bonchev–Trinajstić information content (AvgIpc) is 3.02. The largest absolute Gasteiger partial charge is 0.445 e. The molecule has 1 N–H and O–H groups in total. The van der Waals surface area contributed by atoms with Gasteiger partial charge in [0.2, 0.25) is 0 Å². The SMILES string of the molecule is CC.CCOC.CNC(=O)OC1CC2CCCN2C1. The lowest BCUT2D eigenvalue weighted by atomic mass is 10.1. The highest BCUT2D eigenvalue weighted by atomic mass is 16.6. The minimum atomic E-state index is -0.300. The third-order valence-electron chi connectivity index (χ3n) is 3.24. The van der Waals surface area contributed by atoms with Gasteiger partial charge in [0.05, 0.1) is 0 Å². The Hall–Kier alpha value is -0.810. The van der Waals surface area contributed by atoms with Crippen molar-refractivity contribution in [3.05, 3.63) is 0 Å². The first-order chi connectivity index (χ1) is 9.21. The summed E-state index contributed by atoms with van der Waals surface area (Å²) >= 11 is 0. The number of carbonyl (C=O) groups is 1. The van der Waals surface area contributed by atoms with Gasteiger partial charge in [0.1, 0.15) is 6.10 Å². The number of alkyl carbamates (subject to hydrolysis) is 1. The molecule has 0 saturated carbocycles. The standard InChI is InChI=1S/C9H16N2O2.C3H8O.C2H6/c1-10-9(12)13-8-5-7-3-2-4-11(7)6-8;1-3-4-2;1-2/h7-8H,2-6H2,1H3,(H,10,12);3H2,1-2H3;1-2H3. The molecule has 2 atom stereocenters. The van der Waals surface area contributed by atoms with Crippen LogP contribution in [-0.4, -0.2) is 57.0 Å². The van der Waals surface area contributed by atoms with E-state index >= 15 is 0 Å². The second-order valence-electron chi connectivity index (χ2n) is 4.38. The minimum absolute atomic E-state index is 0.116. The number of rotatable bonds is 2. The van der Waals surface area contributed by atoms with Gasteiger partial charge >= 0.3 is 6.09 Å². The van der Waals surface area contributed by atoms with Crippen molar-refractivity contribution in [3.63, 3.8) is 0 Å². The van der Waals surface area contributed by atoms with Gasteiger partial charge in [-0.25, -0.2) is 4.79 Å². The van der Waals surface area contributed by atoms with Crippen molar-refractivity contribution in [1.29, 1.82) is 0 Å². The first kappa shape index (κ1) is 18.2. The summed E-state index contributed by atoms with van der Waals surface area (Å²) < 4.78 is 9.75. The molecule has 5 nitrogen and oxygen atoms in total. The van der Waals surface area contributed by atoms with Gasteiger partial charge in [0.25, 0.3) is 0 Å². The van der Waals surface area contributed by atoms with Crippen LogP contribution in [0.25, 0.3) is 0 Å². The third-order valence-corrected chi connectivity index (χ3v) is 3.24. The predicted molar refractivity (Wildman–Crippen MR) is 77.4 cm³/mol. The number of hydrogen-bond donors (Lipinski definition) is 1. The number of amides is 1. The van der Waals surface area contributed by atoms with Crippen molar-refractivity contribution in [2.75, 3.05) is 33.9 Å². The summed E-state index contributed by atoms with van der Waals surface area (Å²) in [5.41, 5.74) is 0. The number of hydrogen-bond acceptors (Lipinski definition) is 4. The quantitative estimate of drug-likeness (QED) is 0.839. The highest BCUT2D eigenvalue weighted by Crippen LogP contribution is 2.28. The summed E-state index contributed by atoms with van der Waals surface area (Å²) in [5.74, 6) is 0. The first-order valence-corrected chi connectivity index (χ1v) is 7.32. The summed E-state index contributed by atoms with van der Waals surface area (Å²) in [6.45, 7) is 8.89. The monoisotopic (exact) mass is 274 g/mol. The van der Waals surface area contributed by atoms with Crippen LogP contribution >= 0.6 is 0 Å². The maximum Gasteiger partial charge on any atom is 0.407 e. The molecule has 2 aliphatic rings. The van der Waals surface area contributed by atoms with Crippen LogP contribution in [0, 0.1) is 0 Å². The number of ether oxygens (including phenoxy) is 2. The second kappa shape index (κ2) is 11.1. The number of fused-ring (bicyclic) bond motifs is 1. The van der Waals surface area contributed by atoms with Gasteiger partial charge in [-0.15, -0.1) is 0 Å². The van der Waals surface area contributed by atoms with Gasteiger partial charge in [0.15, 0.2) is 0 Å². The molecule has 2 saturated heterocycles. The molecule has 19 heavy (non-hydrogen) atoms. The first-order valence-electron chi connectivity index (χ1n) is 7.32. The van der Waals surface area contributed by atoms with Gasteiger partial charge in [-0.3, -0.25) is 4.90 Å². The summed E-state index contributed by atoms with van der Waals surface area (Å²) in [5, 5.41) is 2.48. The normalized spacial score (nSPS) is 24.5. The molecule has 2 fully saturated rings. The Morgan fingerprint density at radius 1 is 1.42 bits per heavy atom. The summed E-state index contributed by atoms with van der Waals surface area (Å²) in [4.78, 5) is 13.4. The fourth-order valence-corrected chi connectivity index (χ4v) is 2.34. The summed E-state index contributed by atoms with van der Waals surface area (Å²) in [6, 6.07) is 0.676. The zero-order chi connectivity index (χ0) is 14.7. The van der Waals surface area contributed by atoms with Gasteiger partial charge in [0, 0.05) is 39.8 Å². The molecule has 2 unspecified atom stereocenters. The van der Waals surface area contributed by atoms with E-state index in [1.165, 1.54) is 19.4 Å². The maximum absolute atomic E-state index is 10.9. The van der Waals surface area contributed by atoms with Gasteiger partial charge < -0.3 is 14.8 Å². The van der Waals surface area contributed by atoms with Crippen molar-refractivity contribution in [2.45, 2.75) is 52.2 Å². The van der Waals surface area contributed by atoms with Crippen LogP contribution in [-0.2, 0) is 9.47 Å². The molecule has 114 valence electrons. The lowest BCUT2D eigenvalue weighted by molar-refractivity contribution is 0.102. The van der Waals surface area contributed by atoms with Crippen LogP contribution in [0.2, 0.25) is 0 Å². The van der Waals surface area contributed by atoms with Crippen molar-refractivity contribution in [3.8, 4) is 0 Å². The Morgan fingerprint density at radius 2 is 2.05 bits per heavy atom. The van der Waals surface area contributed by atoms with Crippen LogP contribution in [0.15, 0.2) is 0 Å². The van der Waals surface area contributed by atoms with Crippen LogP contribution in [0.4, 0.5) is 4.79 Å². The number of carbonyl (C=O) groups excluding carboxylic acids is 1. The molecular weight excluding hydrogens is 244 g/mol. The number of nitrogens with one attached hydrogen (secondary N) is 1. The van der Waals surface area contributed by atoms with E-state index in [4.69, 9.17) is 4.74 Å². The molecule has 2 rings (SSSR count). The molecule has 0 bridgehead atoms. The zero-order valence-electron chi connectivity index (χ0n) is 13.1. The van der Waals surface area contributed by atoms with Crippen molar-refractivity contribution in [1.82, 2.24) is 10.2 Å². The lowest BCUT2D eigenvalue weighted by Gasteiger charge is -2.13. The van der Waals surface area contributed by atoms with Gasteiger partial charge in [-0.2, -0.15) is 0 Å². The molecule has 0 aromatic carbocycles. The Morgan fingerprint density at radius 3 is 2.53 bits per heavy atom.